The molecule has 0 saturated carbocycles. The van der Waals surface area contributed by atoms with Crippen LogP contribution in [-0.4, -0.2) is 16.1 Å². The maximum atomic E-state index is 12.5. The number of carbonyl (C=O) groups is 1. The summed E-state index contributed by atoms with van der Waals surface area (Å²) in [4.78, 5) is 12.5. The number of nitrogens with one attached hydrogen (secondary N) is 2. The minimum absolute atomic E-state index is 0.00424. The van der Waals surface area contributed by atoms with Gasteiger partial charge in [0.25, 0.3) is 0 Å². The fourth-order valence-corrected chi connectivity index (χ4v) is 3.28. The Balaban J connectivity index is 1.56. The molecule has 0 saturated heterocycles. The molecule has 3 aromatic rings. The monoisotopic (exact) mass is 311 g/mol. The van der Waals surface area contributed by atoms with Crippen molar-refractivity contribution in [1.29, 1.82) is 0 Å². The molecular weight excluding hydrogens is 298 g/mol. The Morgan fingerprint density at radius 2 is 1.86 bits per heavy atom. The van der Waals surface area contributed by atoms with Gasteiger partial charge in [0.2, 0.25) is 5.91 Å². The number of amides is 1. The third kappa shape index (κ3) is 2.16. The number of aromatic nitrogens is 2. The van der Waals surface area contributed by atoms with Crippen LogP contribution in [0.25, 0.3) is 10.9 Å². The van der Waals surface area contributed by atoms with Crippen molar-refractivity contribution in [3.8, 4) is 0 Å². The molecule has 0 fully saturated rings. The maximum absolute atomic E-state index is 12.5. The van der Waals surface area contributed by atoms with Crippen molar-refractivity contribution in [2.24, 2.45) is 5.92 Å². The molecule has 1 aliphatic rings. The van der Waals surface area contributed by atoms with E-state index in [-0.39, 0.29) is 11.8 Å². The van der Waals surface area contributed by atoms with Crippen molar-refractivity contribution < 1.29 is 4.79 Å². The zero-order valence-electron chi connectivity index (χ0n) is 11.8. The molecule has 110 valence electrons. The summed E-state index contributed by atoms with van der Waals surface area (Å²) < 4.78 is 0. The minimum atomic E-state index is -0.0386. The second kappa shape index (κ2) is 5.14. The summed E-state index contributed by atoms with van der Waals surface area (Å²) >= 11 is 6.11. The standard InChI is InChI=1S/C17H14ClN3O/c18-14-7-3-6-13-15(14)20-21-16(13)19-17(22)12-8-10-4-1-2-5-11(10)9-12/h1-7,12H,8-9H2,(H2,19,20,21,22). The van der Waals surface area contributed by atoms with Crippen molar-refractivity contribution >= 4 is 34.2 Å². The zero-order chi connectivity index (χ0) is 15.1. The first-order valence-electron chi connectivity index (χ1n) is 7.22. The Morgan fingerprint density at radius 1 is 1.14 bits per heavy atom. The van der Waals surface area contributed by atoms with Crippen LogP contribution in [-0.2, 0) is 17.6 Å². The molecule has 0 spiro atoms. The average Bonchev–Trinajstić information content (AvgIpc) is 3.12. The van der Waals surface area contributed by atoms with E-state index in [1.807, 2.05) is 24.3 Å². The molecule has 5 heteroatoms. The molecule has 1 aliphatic carbocycles. The van der Waals surface area contributed by atoms with E-state index in [9.17, 15) is 4.79 Å². The lowest BCUT2D eigenvalue weighted by atomic mass is 10.1. The van der Waals surface area contributed by atoms with E-state index in [0.29, 0.717) is 10.8 Å². The number of para-hydroxylation sites is 1. The summed E-state index contributed by atoms with van der Waals surface area (Å²) in [5.74, 6) is 0.506. The molecule has 0 aliphatic heterocycles. The van der Waals surface area contributed by atoms with Gasteiger partial charge in [-0.3, -0.25) is 9.89 Å². The third-order valence-corrected chi connectivity index (χ3v) is 4.53. The molecule has 2 aromatic carbocycles. The van der Waals surface area contributed by atoms with Crippen LogP contribution in [0.15, 0.2) is 42.5 Å². The number of rotatable bonds is 2. The van der Waals surface area contributed by atoms with E-state index >= 15 is 0 Å². The molecule has 2 N–H and O–H groups in total. The van der Waals surface area contributed by atoms with Crippen molar-refractivity contribution in [2.75, 3.05) is 5.32 Å². The van der Waals surface area contributed by atoms with Crippen molar-refractivity contribution in [3.05, 3.63) is 58.6 Å². The van der Waals surface area contributed by atoms with E-state index in [2.05, 4.69) is 27.6 Å². The van der Waals surface area contributed by atoms with Gasteiger partial charge in [-0.1, -0.05) is 41.9 Å². The highest BCUT2D eigenvalue weighted by molar-refractivity contribution is 6.35. The van der Waals surface area contributed by atoms with Crippen LogP contribution in [0.4, 0.5) is 5.82 Å². The predicted octanol–water partition coefficient (Wildman–Crippen LogP) is 3.57. The summed E-state index contributed by atoms with van der Waals surface area (Å²) in [5, 5.41) is 11.4. The van der Waals surface area contributed by atoms with Gasteiger partial charge in [0.1, 0.15) is 0 Å². The first-order valence-corrected chi connectivity index (χ1v) is 7.60. The van der Waals surface area contributed by atoms with Crippen LogP contribution in [0, 0.1) is 5.92 Å². The van der Waals surface area contributed by atoms with Gasteiger partial charge in [-0.05, 0) is 36.1 Å². The molecular formula is C17H14ClN3O. The second-order valence-electron chi connectivity index (χ2n) is 5.60. The molecule has 0 bridgehead atoms. The fraction of sp³-hybridized carbons (Fsp3) is 0.176. The van der Waals surface area contributed by atoms with E-state index in [1.54, 1.807) is 6.07 Å². The SMILES string of the molecule is O=C(Nc1n[nH]c2c(Cl)cccc12)C1Cc2ccccc2C1. The van der Waals surface area contributed by atoms with E-state index in [4.69, 9.17) is 11.6 Å². The van der Waals surface area contributed by atoms with E-state index < -0.39 is 0 Å². The number of nitrogens with zero attached hydrogens (tertiary/aromatic N) is 1. The highest BCUT2D eigenvalue weighted by atomic mass is 35.5. The van der Waals surface area contributed by atoms with Gasteiger partial charge in [-0.15, -0.1) is 0 Å². The Hall–Kier alpha value is -2.33. The van der Waals surface area contributed by atoms with Gasteiger partial charge in [0.15, 0.2) is 5.82 Å². The predicted molar refractivity (Wildman–Crippen MR) is 87.1 cm³/mol. The second-order valence-corrected chi connectivity index (χ2v) is 6.00. The number of hydrogen-bond donors (Lipinski definition) is 2. The van der Waals surface area contributed by atoms with Gasteiger partial charge in [-0.25, -0.2) is 0 Å². The number of aromatic amines is 1. The van der Waals surface area contributed by atoms with Crippen LogP contribution in [0.5, 0.6) is 0 Å². The van der Waals surface area contributed by atoms with E-state index in [0.717, 1.165) is 23.7 Å². The quantitative estimate of drug-likeness (QED) is 0.760. The number of carbonyl (C=O) groups excluding carboxylic acids is 1. The van der Waals surface area contributed by atoms with Crippen molar-refractivity contribution in [2.45, 2.75) is 12.8 Å². The molecule has 1 amide bonds. The summed E-state index contributed by atoms with van der Waals surface area (Å²) in [5.41, 5.74) is 3.27. The maximum Gasteiger partial charge on any atom is 0.229 e. The highest BCUT2D eigenvalue weighted by Crippen LogP contribution is 2.29. The summed E-state index contributed by atoms with van der Waals surface area (Å²) in [6, 6.07) is 13.7. The van der Waals surface area contributed by atoms with Gasteiger partial charge in [0, 0.05) is 11.3 Å². The number of anilines is 1. The van der Waals surface area contributed by atoms with Crippen molar-refractivity contribution in [3.63, 3.8) is 0 Å². The van der Waals surface area contributed by atoms with E-state index in [1.165, 1.54) is 11.1 Å². The minimum Gasteiger partial charge on any atom is -0.308 e. The largest absolute Gasteiger partial charge is 0.308 e. The fourth-order valence-electron chi connectivity index (χ4n) is 3.07. The van der Waals surface area contributed by atoms with Crippen LogP contribution in [0.2, 0.25) is 5.02 Å². The molecule has 4 nitrogen and oxygen atoms in total. The lowest BCUT2D eigenvalue weighted by Gasteiger charge is -2.08. The number of hydrogen-bond acceptors (Lipinski definition) is 2. The Morgan fingerprint density at radius 3 is 2.59 bits per heavy atom. The lowest BCUT2D eigenvalue weighted by molar-refractivity contribution is -0.119. The molecule has 1 aromatic heterocycles. The van der Waals surface area contributed by atoms with Gasteiger partial charge in [-0.2, -0.15) is 5.10 Å². The molecule has 0 atom stereocenters. The van der Waals surface area contributed by atoms with Crippen LogP contribution < -0.4 is 5.32 Å². The molecule has 22 heavy (non-hydrogen) atoms. The topological polar surface area (TPSA) is 57.8 Å². The van der Waals surface area contributed by atoms with Crippen LogP contribution in [0.1, 0.15) is 11.1 Å². The number of H-pyrrole nitrogens is 1. The normalized spacial score (nSPS) is 14.2. The Bertz CT molecular complexity index is 846. The van der Waals surface area contributed by atoms with Crippen molar-refractivity contribution in [1.82, 2.24) is 10.2 Å². The average molecular weight is 312 g/mol. The first kappa shape index (κ1) is 13.3. The number of benzene rings is 2. The first-order chi connectivity index (χ1) is 10.7. The number of fused-ring (bicyclic) bond motifs is 2. The molecule has 0 unspecified atom stereocenters. The highest BCUT2D eigenvalue weighted by Gasteiger charge is 2.27. The Kier molecular flexibility index (Phi) is 3.12. The number of halogens is 1. The Labute approximate surface area is 132 Å². The van der Waals surface area contributed by atoms with Gasteiger partial charge >= 0.3 is 0 Å². The zero-order valence-corrected chi connectivity index (χ0v) is 12.5. The summed E-state index contributed by atoms with van der Waals surface area (Å²) in [7, 11) is 0. The van der Waals surface area contributed by atoms with Crippen LogP contribution in [0.3, 0.4) is 0 Å². The van der Waals surface area contributed by atoms with Crippen LogP contribution >= 0.6 is 11.6 Å². The molecule has 1 heterocycles. The lowest BCUT2D eigenvalue weighted by Crippen LogP contribution is -2.23. The summed E-state index contributed by atoms with van der Waals surface area (Å²) in [6.07, 6.45) is 1.57. The smallest absolute Gasteiger partial charge is 0.229 e. The third-order valence-electron chi connectivity index (χ3n) is 4.21. The molecule has 4 rings (SSSR count). The molecule has 0 radical (unpaired) electrons. The van der Waals surface area contributed by atoms with Gasteiger partial charge in [0.05, 0.1) is 10.5 Å². The summed E-state index contributed by atoms with van der Waals surface area (Å²) in [6.45, 7) is 0. The van der Waals surface area contributed by atoms with Gasteiger partial charge < -0.3 is 5.32 Å².